The molecular formula is C19H30N2. The van der Waals surface area contributed by atoms with E-state index in [9.17, 15) is 0 Å². The van der Waals surface area contributed by atoms with Crippen molar-refractivity contribution in [3.8, 4) is 0 Å². The standard InChI is InChI=1S/C19H30N2/c1-2-3-4-5-6-7-8-9-10-14-17-20-18-21-19-15-12-11-13-16-19/h11-13,15-16H,2-10,14,17H2,1H3. The molecule has 1 aromatic rings. The minimum Gasteiger partial charge on any atom is -0.225 e. The predicted molar refractivity (Wildman–Crippen MR) is 92.7 cm³/mol. The van der Waals surface area contributed by atoms with E-state index in [1.807, 2.05) is 30.3 Å². The molecule has 21 heavy (non-hydrogen) atoms. The summed E-state index contributed by atoms with van der Waals surface area (Å²) in [5.41, 5.74) is 0.921. The van der Waals surface area contributed by atoms with Gasteiger partial charge in [-0.2, -0.15) is 4.99 Å². The van der Waals surface area contributed by atoms with Crippen molar-refractivity contribution in [2.24, 2.45) is 9.98 Å². The van der Waals surface area contributed by atoms with Gasteiger partial charge in [-0.1, -0.05) is 82.9 Å². The molecule has 0 bridgehead atoms. The fourth-order valence-corrected chi connectivity index (χ4v) is 2.32. The molecule has 0 N–H and O–H groups in total. The van der Waals surface area contributed by atoms with Crippen LogP contribution in [0.4, 0.5) is 5.69 Å². The number of rotatable bonds is 12. The van der Waals surface area contributed by atoms with E-state index < -0.39 is 0 Å². The highest BCUT2D eigenvalue weighted by molar-refractivity contribution is 5.51. The normalized spacial score (nSPS) is 10.1. The van der Waals surface area contributed by atoms with Crippen LogP contribution < -0.4 is 0 Å². The molecule has 0 unspecified atom stereocenters. The number of aliphatic imine (C=N–C) groups is 2. The van der Waals surface area contributed by atoms with E-state index in [4.69, 9.17) is 0 Å². The van der Waals surface area contributed by atoms with Crippen LogP contribution in [0.25, 0.3) is 0 Å². The van der Waals surface area contributed by atoms with Gasteiger partial charge in [0.15, 0.2) is 0 Å². The summed E-state index contributed by atoms with van der Waals surface area (Å²) in [6.45, 7) is 3.12. The Morgan fingerprint density at radius 1 is 0.762 bits per heavy atom. The lowest BCUT2D eigenvalue weighted by Gasteiger charge is -2.00. The van der Waals surface area contributed by atoms with Crippen LogP contribution in [0.15, 0.2) is 40.3 Å². The molecule has 0 amide bonds. The molecule has 0 atom stereocenters. The van der Waals surface area contributed by atoms with E-state index in [0.29, 0.717) is 0 Å². The first-order valence-corrected chi connectivity index (χ1v) is 8.60. The third-order valence-electron chi connectivity index (χ3n) is 3.63. The summed E-state index contributed by atoms with van der Waals surface area (Å²) in [6.07, 6.45) is 13.6. The van der Waals surface area contributed by atoms with Crippen molar-refractivity contribution in [2.45, 2.75) is 71.1 Å². The summed E-state index contributed by atoms with van der Waals surface area (Å²) in [4.78, 5) is 8.39. The molecule has 0 aliphatic carbocycles. The third-order valence-corrected chi connectivity index (χ3v) is 3.63. The molecule has 1 rings (SSSR count). The first-order valence-electron chi connectivity index (χ1n) is 8.60. The van der Waals surface area contributed by atoms with Crippen LogP contribution in [-0.2, 0) is 0 Å². The first kappa shape index (κ1) is 17.7. The SMILES string of the molecule is CCCCCCCCCCCCN=C=Nc1ccccc1. The molecule has 0 aromatic heterocycles. The van der Waals surface area contributed by atoms with Crippen LogP contribution in [0.3, 0.4) is 0 Å². The molecule has 0 aliphatic heterocycles. The number of benzene rings is 1. The van der Waals surface area contributed by atoms with Gasteiger partial charge in [-0.05, 0) is 18.6 Å². The Kier molecular flexibility index (Phi) is 11.4. The number of para-hydroxylation sites is 1. The molecule has 0 aliphatic rings. The van der Waals surface area contributed by atoms with E-state index in [-0.39, 0.29) is 0 Å². The molecule has 0 saturated carbocycles. The Morgan fingerprint density at radius 3 is 1.95 bits per heavy atom. The van der Waals surface area contributed by atoms with Crippen LogP contribution >= 0.6 is 0 Å². The Labute approximate surface area is 130 Å². The van der Waals surface area contributed by atoms with Gasteiger partial charge in [-0.25, -0.2) is 4.99 Å². The number of unbranched alkanes of at least 4 members (excludes halogenated alkanes) is 9. The highest BCUT2D eigenvalue weighted by Crippen LogP contribution is 2.10. The van der Waals surface area contributed by atoms with Gasteiger partial charge in [0.1, 0.15) is 0 Å². The molecule has 0 saturated heterocycles. The fraction of sp³-hybridized carbons (Fsp3) is 0.632. The zero-order valence-electron chi connectivity index (χ0n) is 13.6. The summed E-state index contributed by atoms with van der Waals surface area (Å²) < 4.78 is 0. The number of hydrogen-bond donors (Lipinski definition) is 0. The lowest BCUT2D eigenvalue weighted by molar-refractivity contribution is 0.558. The van der Waals surface area contributed by atoms with E-state index in [1.165, 1.54) is 57.8 Å². The first-order chi connectivity index (χ1) is 10.4. The van der Waals surface area contributed by atoms with Crippen LogP contribution in [0.2, 0.25) is 0 Å². The van der Waals surface area contributed by atoms with Gasteiger partial charge in [0, 0.05) is 6.54 Å². The van der Waals surface area contributed by atoms with Crippen molar-refractivity contribution in [1.29, 1.82) is 0 Å². The van der Waals surface area contributed by atoms with Crippen LogP contribution in [0.1, 0.15) is 71.1 Å². The molecule has 2 nitrogen and oxygen atoms in total. The van der Waals surface area contributed by atoms with Gasteiger partial charge >= 0.3 is 0 Å². The van der Waals surface area contributed by atoms with Crippen molar-refractivity contribution >= 4 is 11.7 Å². The second-order valence-corrected chi connectivity index (χ2v) is 5.61. The van der Waals surface area contributed by atoms with Gasteiger partial charge < -0.3 is 0 Å². The van der Waals surface area contributed by atoms with Crippen molar-refractivity contribution in [2.75, 3.05) is 6.54 Å². The maximum absolute atomic E-state index is 4.22. The molecule has 0 fully saturated rings. The summed E-state index contributed by atoms with van der Waals surface area (Å²) in [5, 5.41) is 0. The van der Waals surface area contributed by atoms with Crippen LogP contribution in [0.5, 0.6) is 0 Å². The minimum atomic E-state index is 0.854. The zero-order chi connectivity index (χ0) is 15.0. The van der Waals surface area contributed by atoms with E-state index in [1.54, 1.807) is 0 Å². The molecule has 0 heterocycles. The van der Waals surface area contributed by atoms with Gasteiger partial charge in [-0.15, -0.1) is 0 Å². The van der Waals surface area contributed by atoms with Crippen molar-refractivity contribution in [3.63, 3.8) is 0 Å². The average molecular weight is 286 g/mol. The Morgan fingerprint density at radius 2 is 1.33 bits per heavy atom. The minimum absolute atomic E-state index is 0.854. The van der Waals surface area contributed by atoms with Gasteiger partial charge in [0.2, 0.25) is 0 Å². The smallest absolute Gasteiger partial charge is 0.0948 e. The molecular weight excluding hydrogens is 256 g/mol. The zero-order valence-corrected chi connectivity index (χ0v) is 13.6. The highest BCUT2D eigenvalue weighted by atomic mass is 14.8. The molecule has 1 aromatic carbocycles. The average Bonchev–Trinajstić information content (AvgIpc) is 2.53. The topological polar surface area (TPSA) is 24.7 Å². The highest BCUT2D eigenvalue weighted by Gasteiger charge is 1.92. The maximum Gasteiger partial charge on any atom is 0.0948 e. The Balaban J connectivity index is 1.89. The van der Waals surface area contributed by atoms with E-state index in [2.05, 4.69) is 22.9 Å². The molecule has 2 heteroatoms. The van der Waals surface area contributed by atoms with Gasteiger partial charge in [-0.3, -0.25) is 0 Å². The predicted octanol–water partition coefficient (Wildman–Crippen LogP) is 6.41. The molecule has 0 spiro atoms. The fourth-order valence-electron chi connectivity index (χ4n) is 2.32. The molecule has 0 radical (unpaired) electrons. The lowest BCUT2D eigenvalue weighted by Crippen LogP contribution is -1.84. The molecule has 116 valence electrons. The quantitative estimate of drug-likeness (QED) is 0.313. The van der Waals surface area contributed by atoms with E-state index in [0.717, 1.165) is 18.7 Å². The summed E-state index contributed by atoms with van der Waals surface area (Å²) in [6, 6.07) is 12.6. The van der Waals surface area contributed by atoms with Crippen molar-refractivity contribution in [1.82, 2.24) is 0 Å². The largest absolute Gasteiger partial charge is 0.225 e. The van der Waals surface area contributed by atoms with E-state index >= 15 is 0 Å². The van der Waals surface area contributed by atoms with Crippen LogP contribution in [-0.4, -0.2) is 12.6 Å². The van der Waals surface area contributed by atoms with Gasteiger partial charge in [0.05, 0.1) is 11.7 Å². The Bertz CT molecular complexity index is 391. The summed E-state index contributed by atoms with van der Waals surface area (Å²) in [5.74, 6) is 0. The lowest BCUT2D eigenvalue weighted by atomic mass is 10.1. The van der Waals surface area contributed by atoms with Gasteiger partial charge in [0.25, 0.3) is 0 Å². The van der Waals surface area contributed by atoms with Crippen LogP contribution in [0, 0.1) is 0 Å². The monoisotopic (exact) mass is 286 g/mol. The second-order valence-electron chi connectivity index (χ2n) is 5.61. The second kappa shape index (κ2) is 13.6. The van der Waals surface area contributed by atoms with Crippen molar-refractivity contribution < 1.29 is 0 Å². The third kappa shape index (κ3) is 11.0. The van der Waals surface area contributed by atoms with Crippen molar-refractivity contribution in [3.05, 3.63) is 30.3 Å². The number of hydrogen-bond acceptors (Lipinski definition) is 2. The number of nitrogens with zero attached hydrogens (tertiary/aromatic N) is 2. The summed E-state index contributed by atoms with van der Waals surface area (Å²) in [7, 11) is 0. The Hall–Kier alpha value is -1.40. The maximum atomic E-state index is 4.22. The summed E-state index contributed by atoms with van der Waals surface area (Å²) >= 11 is 0.